The van der Waals surface area contributed by atoms with Crippen LogP contribution in [0.25, 0.3) is 0 Å². The Morgan fingerprint density at radius 3 is 2.79 bits per heavy atom. The van der Waals surface area contributed by atoms with Gasteiger partial charge in [0.15, 0.2) is 0 Å². The Hall–Kier alpha value is -1.50. The summed E-state index contributed by atoms with van der Waals surface area (Å²) < 4.78 is 5.13. The topological polar surface area (TPSA) is 41.5 Å². The molecule has 0 bridgehead atoms. The van der Waals surface area contributed by atoms with Crippen molar-refractivity contribution >= 4 is 0 Å². The van der Waals surface area contributed by atoms with Gasteiger partial charge in [0.25, 0.3) is 0 Å². The molecular formula is C11H13NO2. The zero-order valence-electron chi connectivity index (χ0n) is 8.24. The van der Waals surface area contributed by atoms with E-state index >= 15 is 0 Å². The van der Waals surface area contributed by atoms with Gasteiger partial charge in [-0.05, 0) is 19.1 Å². The lowest BCUT2D eigenvalue weighted by Gasteiger charge is -2.02. The molecule has 0 saturated carbocycles. The van der Waals surface area contributed by atoms with E-state index in [2.05, 4.69) is 17.3 Å². The number of hydrogen-bond acceptors (Lipinski definition) is 3. The van der Waals surface area contributed by atoms with Crippen LogP contribution in [0.4, 0.5) is 0 Å². The second kappa shape index (κ2) is 5.28. The molecule has 1 rings (SSSR count). The number of rotatable bonds is 2. The van der Waals surface area contributed by atoms with Crippen LogP contribution in [0.5, 0.6) is 5.75 Å². The Labute approximate surface area is 83.7 Å². The van der Waals surface area contributed by atoms with Gasteiger partial charge in [0, 0.05) is 0 Å². The van der Waals surface area contributed by atoms with Gasteiger partial charge in [-0.25, -0.2) is 0 Å². The fourth-order valence-electron chi connectivity index (χ4n) is 0.966. The molecule has 3 heteroatoms. The van der Waals surface area contributed by atoms with E-state index in [0.29, 0.717) is 0 Å². The molecule has 0 heterocycles. The van der Waals surface area contributed by atoms with Crippen molar-refractivity contribution in [3.05, 3.63) is 29.8 Å². The molecule has 0 fully saturated rings. The molecule has 0 radical (unpaired) electrons. The molecule has 1 unspecified atom stereocenters. The predicted octanol–water partition coefficient (Wildman–Crippen LogP) is 1.41. The van der Waals surface area contributed by atoms with Crippen LogP contribution >= 0.6 is 0 Å². The highest BCUT2D eigenvalue weighted by atomic mass is 16.5. The fraction of sp³-hybridized carbons (Fsp3) is 0.273. The molecule has 0 aliphatic carbocycles. The van der Waals surface area contributed by atoms with Crippen LogP contribution < -0.4 is 10.2 Å². The van der Waals surface area contributed by atoms with Crippen molar-refractivity contribution in [3.8, 4) is 17.6 Å². The second-order valence-electron chi connectivity index (χ2n) is 2.82. The molecule has 74 valence electrons. The number of methoxy groups -OCH3 is 1. The van der Waals surface area contributed by atoms with E-state index in [9.17, 15) is 0 Å². The summed E-state index contributed by atoms with van der Waals surface area (Å²) in [5.41, 5.74) is 2.87. The largest absolute Gasteiger partial charge is 0.495 e. The first-order chi connectivity index (χ1) is 6.77. The molecule has 0 saturated heterocycles. The highest BCUT2D eigenvalue weighted by Crippen LogP contribution is 2.15. The Morgan fingerprint density at radius 2 is 2.14 bits per heavy atom. The van der Waals surface area contributed by atoms with E-state index in [1.165, 1.54) is 0 Å². The van der Waals surface area contributed by atoms with Gasteiger partial charge >= 0.3 is 0 Å². The van der Waals surface area contributed by atoms with Crippen LogP contribution in [0.15, 0.2) is 24.3 Å². The van der Waals surface area contributed by atoms with E-state index in [1.807, 2.05) is 24.3 Å². The van der Waals surface area contributed by atoms with E-state index in [4.69, 9.17) is 9.94 Å². The molecule has 0 aliphatic rings. The Bertz CT molecular complexity index is 352. The minimum absolute atomic E-state index is 0.250. The van der Waals surface area contributed by atoms with E-state index < -0.39 is 0 Å². The SMILES string of the molecule is COc1ccccc1C#CC(C)NO. The third-order valence-corrected chi connectivity index (χ3v) is 1.72. The third-order valence-electron chi connectivity index (χ3n) is 1.72. The van der Waals surface area contributed by atoms with Crippen molar-refractivity contribution in [2.75, 3.05) is 7.11 Å². The van der Waals surface area contributed by atoms with Crippen molar-refractivity contribution in [2.24, 2.45) is 0 Å². The lowest BCUT2D eigenvalue weighted by molar-refractivity contribution is 0.152. The van der Waals surface area contributed by atoms with Gasteiger partial charge in [0.1, 0.15) is 5.75 Å². The standard InChI is InChI=1S/C11H13NO2/c1-9(12-13)7-8-10-5-3-4-6-11(10)14-2/h3-6,9,12-13H,1-2H3. The molecular weight excluding hydrogens is 178 g/mol. The minimum Gasteiger partial charge on any atom is -0.495 e. The van der Waals surface area contributed by atoms with Gasteiger partial charge in [0.2, 0.25) is 0 Å². The summed E-state index contributed by atoms with van der Waals surface area (Å²) in [6, 6.07) is 7.25. The molecule has 1 aromatic rings. The number of benzene rings is 1. The first-order valence-electron chi connectivity index (χ1n) is 4.32. The van der Waals surface area contributed by atoms with Crippen LogP contribution in [0.3, 0.4) is 0 Å². The summed E-state index contributed by atoms with van der Waals surface area (Å²) in [6.07, 6.45) is 0. The fourth-order valence-corrected chi connectivity index (χ4v) is 0.966. The normalized spacial score (nSPS) is 11.4. The van der Waals surface area contributed by atoms with E-state index in [-0.39, 0.29) is 6.04 Å². The van der Waals surface area contributed by atoms with E-state index in [1.54, 1.807) is 14.0 Å². The van der Waals surface area contributed by atoms with Crippen LogP contribution in [0.2, 0.25) is 0 Å². The van der Waals surface area contributed by atoms with Gasteiger partial charge in [-0.1, -0.05) is 24.0 Å². The lowest BCUT2D eigenvalue weighted by Crippen LogP contribution is -2.19. The molecule has 0 amide bonds. The highest BCUT2D eigenvalue weighted by molar-refractivity contribution is 5.46. The second-order valence-corrected chi connectivity index (χ2v) is 2.82. The van der Waals surface area contributed by atoms with E-state index in [0.717, 1.165) is 11.3 Å². The average molecular weight is 191 g/mol. The van der Waals surface area contributed by atoms with Crippen LogP contribution in [0.1, 0.15) is 12.5 Å². The quantitative estimate of drug-likeness (QED) is 0.548. The maximum atomic E-state index is 8.56. The number of hydrogen-bond donors (Lipinski definition) is 2. The molecule has 1 atom stereocenters. The van der Waals surface area contributed by atoms with Crippen molar-refractivity contribution in [1.82, 2.24) is 5.48 Å². The molecule has 3 nitrogen and oxygen atoms in total. The van der Waals surface area contributed by atoms with Crippen LogP contribution in [0, 0.1) is 11.8 Å². The Balaban J connectivity index is 2.88. The summed E-state index contributed by atoms with van der Waals surface area (Å²) in [7, 11) is 1.61. The summed E-state index contributed by atoms with van der Waals surface area (Å²) in [5, 5.41) is 8.56. The summed E-state index contributed by atoms with van der Waals surface area (Å²) in [5.74, 6) is 6.49. The van der Waals surface area contributed by atoms with Crippen molar-refractivity contribution < 1.29 is 9.94 Å². The zero-order chi connectivity index (χ0) is 10.4. The Morgan fingerprint density at radius 1 is 1.43 bits per heavy atom. The molecule has 1 aromatic carbocycles. The number of hydroxylamine groups is 1. The summed E-state index contributed by atoms with van der Waals surface area (Å²) >= 11 is 0. The molecule has 2 N–H and O–H groups in total. The lowest BCUT2D eigenvalue weighted by atomic mass is 10.2. The van der Waals surface area contributed by atoms with Gasteiger partial charge in [-0.15, -0.1) is 0 Å². The van der Waals surface area contributed by atoms with Gasteiger partial charge in [0.05, 0.1) is 18.7 Å². The number of nitrogens with one attached hydrogen (secondary N) is 1. The monoisotopic (exact) mass is 191 g/mol. The highest BCUT2D eigenvalue weighted by Gasteiger charge is 1.97. The van der Waals surface area contributed by atoms with Gasteiger partial charge in [-0.2, -0.15) is 5.48 Å². The average Bonchev–Trinajstić information content (AvgIpc) is 2.26. The molecule has 0 aliphatic heterocycles. The predicted molar refractivity (Wildman–Crippen MR) is 54.3 cm³/mol. The maximum Gasteiger partial charge on any atom is 0.134 e. The molecule has 0 aromatic heterocycles. The van der Waals surface area contributed by atoms with Crippen molar-refractivity contribution in [2.45, 2.75) is 13.0 Å². The first-order valence-corrected chi connectivity index (χ1v) is 4.32. The first kappa shape index (κ1) is 10.6. The summed E-state index contributed by atoms with van der Waals surface area (Å²) in [4.78, 5) is 0. The van der Waals surface area contributed by atoms with Crippen LogP contribution in [-0.4, -0.2) is 18.4 Å². The third kappa shape index (κ3) is 2.77. The van der Waals surface area contributed by atoms with Gasteiger partial charge in [-0.3, -0.25) is 0 Å². The molecule has 0 spiro atoms. The summed E-state index contributed by atoms with van der Waals surface area (Å²) in [6.45, 7) is 1.77. The van der Waals surface area contributed by atoms with Crippen LogP contribution in [-0.2, 0) is 0 Å². The van der Waals surface area contributed by atoms with Crippen molar-refractivity contribution in [3.63, 3.8) is 0 Å². The number of para-hydroxylation sites is 1. The Kier molecular flexibility index (Phi) is 3.99. The zero-order valence-corrected chi connectivity index (χ0v) is 8.24. The smallest absolute Gasteiger partial charge is 0.134 e. The molecule has 14 heavy (non-hydrogen) atoms. The maximum absolute atomic E-state index is 8.56. The van der Waals surface area contributed by atoms with Gasteiger partial charge < -0.3 is 9.94 Å². The minimum atomic E-state index is -0.250. The van der Waals surface area contributed by atoms with Crippen molar-refractivity contribution in [1.29, 1.82) is 0 Å². The number of ether oxygens (including phenoxy) is 1.